The summed E-state index contributed by atoms with van der Waals surface area (Å²) in [4.78, 5) is 15.7. The van der Waals surface area contributed by atoms with Crippen LogP contribution >= 0.6 is 0 Å². The van der Waals surface area contributed by atoms with Crippen molar-refractivity contribution in [2.24, 2.45) is 0 Å². The van der Waals surface area contributed by atoms with Crippen molar-refractivity contribution >= 4 is 11.6 Å². The predicted molar refractivity (Wildman–Crippen MR) is 114 cm³/mol. The average molecular weight is 401 g/mol. The summed E-state index contributed by atoms with van der Waals surface area (Å²) in [5.41, 5.74) is 4.48. The molecule has 29 heavy (non-hydrogen) atoms. The van der Waals surface area contributed by atoms with E-state index in [1.165, 1.54) is 20.9 Å². The van der Waals surface area contributed by atoms with Crippen molar-refractivity contribution in [1.82, 2.24) is 5.16 Å². The van der Waals surface area contributed by atoms with Crippen molar-refractivity contribution in [3.8, 4) is 0 Å². The zero-order chi connectivity index (χ0) is 21.0. The number of piperazine rings is 1. The lowest BCUT2D eigenvalue weighted by atomic mass is 9.92. The second kappa shape index (κ2) is 9.55. The van der Waals surface area contributed by atoms with Crippen molar-refractivity contribution in [2.45, 2.75) is 53.0 Å². The number of carbonyl (C=O) groups is 1. The highest BCUT2D eigenvalue weighted by Gasteiger charge is 2.26. The number of quaternary nitrogens is 2. The van der Waals surface area contributed by atoms with Gasteiger partial charge in [-0.05, 0) is 29.9 Å². The highest BCUT2D eigenvalue weighted by molar-refractivity contribution is 5.93. The minimum absolute atomic E-state index is 0.116. The largest absolute Gasteiger partial charge is 0.361 e. The molecule has 1 saturated heterocycles. The first-order chi connectivity index (χ1) is 13.8. The summed E-state index contributed by atoms with van der Waals surface area (Å²) in [6.45, 7) is 16.2. The van der Waals surface area contributed by atoms with Gasteiger partial charge in [-0.15, -0.1) is 0 Å². The topological polar surface area (TPSA) is 64.0 Å². The van der Waals surface area contributed by atoms with E-state index in [0.717, 1.165) is 49.9 Å². The number of nitrogens with zero attached hydrogens (tertiary/aromatic N) is 1. The molecular formula is C23H36N4O2+2. The number of benzene rings is 1. The van der Waals surface area contributed by atoms with Crippen LogP contribution in [-0.2, 0) is 11.3 Å². The molecule has 0 radical (unpaired) electrons. The lowest BCUT2D eigenvalue weighted by Crippen LogP contribution is -3.28. The molecule has 3 rings (SSSR count). The van der Waals surface area contributed by atoms with Gasteiger partial charge in [0.1, 0.15) is 44.2 Å². The predicted octanol–water partition coefficient (Wildman–Crippen LogP) is 1.15. The van der Waals surface area contributed by atoms with Crippen LogP contribution in [0.2, 0.25) is 0 Å². The fourth-order valence-corrected chi connectivity index (χ4v) is 4.17. The van der Waals surface area contributed by atoms with E-state index in [1.54, 1.807) is 0 Å². The van der Waals surface area contributed by atoms with E-state index < -0.39 is 0 Å². The Labute approximate surface area is 174 Å². The molecule has 1 amide bonds. The third kappa shape index (κ3) is 5.67. The number of amides is 1. The SMILES string of the molecule is Cc1cc(C[NH+]2CC[NH+](CC(=O)Nc3c(C(C)C)cccc3C(C)C)CC2)no1. The minimum Gasteiger partial charge on any atom is -0.361 e. The van der Waals surface area contributed by atoms with Crippen molar-refractivity contribution in [3.63, 3.8) is 0 Å². The maximum absolute atomic E-state index is 12.8. The lowest BCUT2D eigenvalue weighted by Gasteiger charge is -2.29. The van der Waals surface area contributed by atoms with Crippen molar-refractivity contribution in [2.75, 3.05) is 38.0 Å². The van der Waals surface area contributed by atoms with Gasteiger partial charge in [0.05, 0.1) is 0 Å². The minimum atomic E-state index is 0.116. The standard InChI is InChI=1S/C23H34N4O2/c1-16(2)20-7-6-8-21(17(3)4)23(20)24-22(28)15-27-11-9-26(10-12-27)14-19-13-18(5)29-25-19/h6-8,13,16-17H,9-12,14-15H2,1-5H3,(H,24,28)/p+2. The first kappa shape index (κ1) is 21.5. The molecule has 0 saturated carbocycles. The molecule has 158 valence electrons. The maximum atomic E-state index is 12.8. The van der Waals surface area contributed by atoms with E-state index >= 15 is 0 Å². The summed E-state index contributed by atoms with van der Waals surface area (Å²) in [6, 6.07) is 8.38. The quantitative estimate of drug-likeness (QED) is 0.653. The van der Waals surface area contributed by atoms with Crippen molar-refractivity contribution in [1.29, 1.82) is 0 Å². The number of hydrogen-bond donors (Lipinski definition) is 3. The first-order valence-electron chi connectivity index (χ1n) is 10.9. The number of hydrogen-bond acceptors (Lipinski definition) is 3. The molecule has 1 aliphatic heterocycles. The third-order valence-electron chi connectivity index (χ3n) is 5.82. The van der Waals surface area contributed by atoms with Gasteiger partial charge >= 0.3 is 0 Å². The van der Waals surface area contributed by atoms with Crippen LogP contribution < -0.4 is 15.1 Å². The second-order valence-electron chi connectivity index (χ2n) is 8.95. The summed E-state index contributed by atoms with van der Waals surface area (Å²) >= 11 is 0. The smallest absolute Gasteiger partial charge is 0.279 e. The number of anilines is 1. The number of nitrogens with one attached hydrogen (secondary N) is 3. The molecule has 1 aliphatic rings. The fraction of sp³-hybridized carbons (Fsp3) is 0.565. The van der Waals surface area contributed by atoms with Crippen LogP contribution in [0.5, 0.6) is 0 Å². The van der Waals surface area contributed by atoms with Crippen LogP contribution in [0.4, 0.5) is 5.69 Å². The second-order valence-corrected chi connectivity index (χ2v) is 8.95. The van der Waals surface area contributed by atoms with Crippen molar-refractivity contribution in [3.05, 3.63) is 46.8 Å². The Morgan fingerprint density at radius 2 is 1.66 bits per heavy atom. The van der Waals surface area contributed by atoms with Gasteiger partial charge in [0.25, 0.3) is 5.91 Å². The summed E-state index contributed by atoms with van der Waals surface area (Å²) in [5, 5.41) is 7.36. The van der Waals surface area contributed by atoms with Crippen molar-refractivity contribution < 1.29 is 19.1 Å². The van der Waals surface area contributed by atoms with Gasteiger partial charge in [0.15, 0.2) is 6.54 Å². The molecule has 0 unspecified atom stereocenters. The molecule has 6 heteroatoms. The molecule has 0 aliphatic carbocycles. The van der Waals surface area contributed by atoms with Gasteiger partial charge < -0.3 is 19.6 Å². The van der Waals surface area contributed by atoms with Crippen LogP contribution in [-0.4, -0.2) is 43.8 Å². The fourth-order valence-electron chi connectivity index (χ4n) is 4.17. The Morgan fingerprint density at radius 3 is 2.17 bits per heavy atom. The van der Waals surface area contributed by atoms with Gasteiger partial charge in [-0.25, -0.2) is 0 Å². The van der Waals surface area contributed by atoms with Gasteiger partial charge in [-0.2, -0.15) is 0 Å². The molecule has 0 bridgehead atoms. The number of para-hydroxylation sites is 1. The lowest BCUT2D eigenvalue weighted by molar-refractivity contribution is -1.02. The van der Waals surface area contributed by atoms with Crippen LogP contribution in [0.3, 0.4) is 0 Å². The number of carbonyl (C=O) groups excluding carboxylic acids is 1. The van der Waals surface area contributed by atoms with Crippen LogP contribution in [0, 0.1) is 6.92 Å². The zero-order valence-corrected chi connectivity index (χ0v) is 18.5. The Morgan fingerprint density at radius 1 is 1.07 bits per heavy atom. The van der Waals surface area contributed by atoms with E-state index in [-0.39, 0.29) is 5.91 Å². The molecule has 2 aromatic rings. The third-order valence-corrected chi connectivity index (χ3v) is 5.82. The Bertz CT molecular complexity index is 794. The molecule has 2 heterocycles. The Kier molecular flexibility index (Phi) is 7.09. The molecule has 0 atom stereocenters. The highest BCUT2D eigenvalue weighted by atomic mass is 16.5. The van der Waals surface area contributed by atoms with Gasteiger partial charge in [-0.3, -0.25) is 4.79 Å². The summed E-state index contributed by atoms with van der Waals surface area (Å²) in [5.74, 6) is 1.74. The van der Waals surface area contributed by atoms with E-state index in [4.69, 9.17) is 4.52 Å². The van der Waals surface area contributed by atoms with Gasteiger partial charge in [-0.1, -0.05) is 51.1 Å². The molecule has 1 aromatic heterocycles. The molecule has 0 spiro atoms. The molecule has 3 N–H and O–H groups in total. The van der Waals surface area contributed by atoms with E-state index in [9.17, 15) is 4.79 Å². The van der Waals surface area contributed by atoms with E-state index in [1.807, 2.05) is 13.0 Å². The molecular weight excluding hydrogens is 364 g/mol. The zero-order valence-electron chi connectivity index (χ0n) is 18.5. The number of aryl methyl sites for hydroxylation is 1. The normalized spacial score (nSPS) is 19.7. The van der Waals surface area contributed by atoms with Gasteiger partial charge in [0, 0.05) is 11.8 Å². The summed E-state index contributed by atoms with van der Waals surface area (Å²) in [7, 11) is 0. The Hall–Kier alpha value is -2.18. The number of aromatic nitrogens is 1. The van der Waals surface area contributed by atoms with Crippen LogP contribution in [0.1, 0.15) is 62.1 Å². The summed E-state index contributed by atoms with van der Waals surface area (Å²) in [6.07, 6.45) is 0. The van der Waals surface area contributed by atoms with Gasteiger partial charge in [0.2, 0.25) is 0 Å². The maximum Gasteiger partial charge on any atom is 0.279 e. The Balaban J connectivity index is 1.55. The molecule has 1 aromatic carbocycles. The van der Waals surface area contributed by atoms with E-state index in [2.05, 4.69) is 56.4 Å². The molecule has 6 nitrogen and oxygen atoms in total. The van der Waals surface area contributed by atoms with E-state index in [0.29, 0.717) is 18.4 Å². The first-order valence-corrected chi connectivity index (χ1v) is 10.9. The van der Waals surface area contributed by atoms with Crippen LogP contribution in [0.15, 0.2) is 28.8 Å². The summed E-state index contributed by atoms with van der Waals surface area (Å²) < 4.78 is 5.17. The average Bonchev–Trinajstić information content (AvgIpc) is 3.07. The monoisotopic (exact) mass is 400 g/mol. The molecule has 1 fully saturated rings. The number of rotatable bonds is 7. The highest BCUT2D eigenvalue weighted by Crippen LogP contribution is 2.32. The van der Waals surface area contributed by atoms with Crippen LogP contribution in [0.25, 0.3) is 0 Å².